The first kappa shape index (κ1) is 28.3. The van der Waals surface area contributed by atoms with Crippen LogP contribution in [-0.4, -0.2) is 73.6 Å². The van der Waals surface area contributed by atoms with Crippen LogP contribution in [0.2, 0.25) is 0 Å². The first-order valence-corrected chi connectivity index (χ1v) is 12.2. The van der Waals surface area contributed by atoms with Crippen LogP contribution in [0.25, 0.3) is 0 Å². The summed E-state index contributed by atoms with van der Waals surface area (Å²) >= 11 is 2.94. The Labute approximate surface area is 205 Å². The van der Waals surface area contributed by atoms with Gasteiger partial charge in [0.15, 0.2) is 0 Å². The lowest BCUT2D eigenvalue weighted by molar-refractivity contribution is -0.192. The quantitative estimate of drug-likeness (QED) is 0.336. The molecule has 2 aliphatic heterocycles. The number of rotatable bonds is 6. The van der Waals surface area contributed by atoms with Crippen LogP contribution in [-0.2, 0) is 24.9 Å². The van der Waals surface area contributed by atoms with Gasteiger partial charge in [-0.3, -0.25) is 14.5 Å². The van der Waals surface area contributed by atoms with Gasteiger partial charge >= 0.3 is 18.1 Å². The second kappa shape index (κ2) is 11.2. The number of hydrogen-bond donors (Lipinski definition) is 5. The average Bonchev–Trinajstić information content (AvgIpc) is 2.77. The molecule has 192 valence electrons. The van der Waals surface area contributed by atoms with E-state index in [1.165, 1.54) is 34.5 Å². The van der Waals surface area contributed by atoms with Gasteiger partial charge in [-0.25, -0.2) is 9.59 Å². The standard InChI is InChI=1S/C18H21N3O5S2.C2HF3O2/c1-8-6-28-17-13(16(24)21(17)14(8)18(25)26)20-15(23)12(19)9-3-4-11(22)10(5-9)7-27-2;3-2(4,5)1(6)7/h3-5,12-13,17,22H,6-7,19H2,1-2H3,(H,20,23)(H,25,26);(H,6,7). The number of carbonyl (C=O) groups is 4. The molecular formula is C20H22F3N3O7S2. The number of nitrogens with two attached hydrogens (primary N) is 1. The predicted octanol–water partition coefficient (Wildman–Crippen LogP) is 1.65. The fourth-order valence-corrected chi connectivity index (χ4v) is 5.07. The Hall–Kier alpha value is -2.91. The zero-order chi connectivity index (χ0) is 26.7. The van der Waals surface area contributed by atoms with Gasteiger partial charge in [-0.2, -0.15) is 24.9 Å². The molecule has 0 radical (unpaired) electrons. The van der Waals surface area contributed by atoms with E-state index < -0.39 is 47.4 Å². The van der Waals surface area contributed by atoms with Gasteiger partial charge in [-0.05, 0) is 36.4 Å². The number of nitrogens with one attached hydrogen (secondary N) is 1. The monoisotopic (exact) mass is 537 g/mol. The molecule has 6 N–H and O–H groups in total. The topological polar surface area (TPSA) is 170 Å². The van der Waals surface area contributed by atoms with E-state index in [2.05, 4.69) is 5.32 Å². The number of hydrogen-bond acceptors (Lipinski definition) is 8. The first-order chi connectivity index (χ1) is 16.2. The Morgan fingerprint density at radius 2 is 1.91 bits per heavy atom. The van der Waals surface area contributed by atoms with Crippen LogP contribution in [0.1, 0.15) is 24.1 Å². The fraction of sp³-hybridized carbons (Fsp3) is 0.400. The van der Waals surface area contributed by atoms with Crippen molar-refractivity contribution in [3.63, 3.8) is 0 Å². The minimum Gasteiger partial charge on any atom is -0.508 e. The molecule has 0 saturated carbocycles. The number of benzene rings is 1. The van der Waals surface area contributed by atoms with E-state index in [9.17, 15) is 37.8 Å². The molecule has 10 nitrogen and oxygen atoms in total. The van der Waals surface area contributed by atoms with E-state index in [-0.39, 0.29) is 11.4 Å². The molecule has 1 saturated heterocycles. The Morgan fingerprint density at radius 1 is 1.31 bits per heavy atom. The number of phenols is 1. The maximum atomic E-state index is 12.6. The number of carboxylic acid groups (broad SMARTS) is 2. The van der Waals surface area contributed by atoms with Gasteiger partial charge in [-0.15, -0.1) is 11.8 Å². The molecule has 2 heterocycles. The molecule has 3 unspecified atom stereocenters. The Bertz CT molecular complexity index is 1060. The van der Waals surface area contributed by atoms with Crippen LogP contribution in [0, 0.1) is 0 Å². The van der Waals surface area contributed by atoms with Crippen molar-refractivity contribution in [1.82, 2.24) is 10.2 Å². The number of carboxylic acids is 2. The molecule has 3 rings (SSSR count). The predicted molar refractivity (Wildman–Crippen MR) is 121 cm³/mol. The Balaban J connectivity index is 0.000000540. The minimum atomic E-state index is -5.08. The van der Waals surface area contributed by atoms with Crippen molar-refractivity contribution in [3.05, 3.63) is 40.6 Å². The number of halogens is 3. The van der Waals surface area contributed by atoms with Crippen LogP contribution in [0.3, 0.4) is 0 Å². The summed E-state index contributed by atoms with van der Waals surface area (Å²) in [5.74, 6) is -3.70. The molecule has 2 aliphatic rings. The van der Waals surface area contributed by atoms with Crippen LogP contribution < -0.4 is 11.1 Å². The number of amides is 2. The normalized spacial score (nSPS) is 20.2. The second-order valence-corrected chi connectivity index (χ2v) is 9.40. The molecule has 3 atom stereocenters. The molecule has 0 aromatic heterocycles. The number of nitrogens with zero attached hydrogens (tertiary/aromatic N) is 1. The highest BCUT2D eigenvalue weighted by Gasteiger charge is 2.54. The minimum absolute atomic E-state index is 0.0104. The summed E-state index contributed by atoms with van der Waals surface area (Å²) in [6.07, 6.45) is -3.18. The number of aromatic hydroxyl groups is 1. The smallest absolute Gasteiger partial charge is 0.490 e. The molecule has 0 spiro atoms. The van der Waals surface area contributed by atoms with Gasteiger partial charge in [0.05, 0.1) is 0 Å². The lowest BCUT2D eigenvalue weighted by Gasteiger charge is -2.49. The second-order valence-electron chi connectivity index (χ2n) is 7.43. The number of phenolic OH excluding ortho intramolecular Hbond substituents is 1. The molecular weight excluding hydrogens is 515 g/mol. The third-order valence-electron chi connectivity index (χ3n) is 4.95. The van der Waals surface area contributed by atoms with E-state index in [1.54, 1.807) is 19.1 Å². The summed E-state index contributed by atoms with van der Waals surface area (Å²) in [5, 5.41) is 28.5. The summed E-state index contributed by atoms with van der Waals surface area (Å²) < 4.78 is 31.7. The number of β-lactam (4-membered cyclic amide) rings is 1. The number of carbonyl (C=O) groups excluding carboxylic acids is 2. The molecule has 1 aromatic rings. The van der Waals surface area contributed by atoms with Gasteiger partial charge in [0.25, 0.3) is 5.91 Å². The average molecular weight is 538 g/mol. The van der Waals surface area contributed by atoms with Gasteiger partial charge in [-0.1, -0.05) is 6.07 Å². The number of thioether (sulfide) groups is 2. The van der Waals surface area contributed by atoms with E-state index in [4.69, 9.17) is 15.6 Å². The zero-order valence-electron chi connectivity index (χ0n) is 18.3. The number of alkyl halides is 3. The van der Waals surface area contributed by atoms with Crippen molar-refractivity contribution in [2.75, 3.05) is 12.0 Å². The zero-order valence-corrected chi connectivity index (χ0v) is 20.0. The number of fused-ring (bicyclic) bond motifs is 1. The van der Waals surface area contributed by atoms with Crippen LogP contribution in [0.15, 0.2) is 29.5 Å². The molecule has 1 aromatic carbocycles. The van der Waals surface area contributed by atoms with Crippen LogP contribution in [0.5, 0.6) is 5.75 Å². The molecule has 15 heteroatoms. The van der Waals surface area contributed by atoms with E-state index in [0.717, 1.165) is 0 Å². The SMILES string of the molecule is CSCc1cc(C(N)C(=O)NC2C(=O)N3C(C(=O)O)=C(C)CSC23)ccc1O.O=C(O)C(F)(F)F. The molecule has 0 bridgehead atoms. The van der Waals surface area contributed by atoms with Gasteiger partial charge in [0.1, 0.15) is 28.9 Å². The van der Waals surface area contributed by atoms with E-state index in [1.807, 2.05) is 6.26 Å². The van der Waals surface area contributed by atoms with Crippen molar-refractivity contribution >= 4 is 47.3 Å². The molecule has 35 heavy (non-hydrogen) atoms. The van der Waals surface area contributed by atoms with Crippen molar-refractivity contribution in [1.29, 1.82) is 0 Å². The largest absolute Gasteiger partial charge is 0.508 e. The summed E-state index contributed by atoms with van der Waals surface area (Å²) in [4.78, 5) is 46.6. The molecule has 2 amide bonds. The van der Waals surface area contributed by atoms with Gasteiger partial charge < -0.3 is 26.4 Å². The molecule has 0 aliphatic carbocycles. The fourth-order valence-electron chi connectivity index (χ4n) is 3.24. The lowest BCUT2D eigenvalue weighted by atomic mass is 10.0. The lowest BCUT2D eigenvalue weighted by Crippen LogP contribution is -2.71. The summed E-state index contributed by atoms with van der Waals surface area (Å²) in [6, 6.07) is 2.92. The van der Waals surface area contributed by atoms with Crippen molar-refractivity contribution < 1.29 is 47.7 Å². The Kier molecular flexibility index (Phi) is 9.08. The van der Waals surface area contributed by atoms with Gasteiger partial charge in [0, 0.05) is 17.1 Å². The summed E-state index contributed by atoms with van der Waals surface area (Å²) in [5.41, 5.74) is 7.87. The number of aliphatic carboxylic acids is 2. The van der Waals surface area contributed by atoms with Crippen molar-refractivity contribution in [2.24, 2.45) is 5.73 Å². The Morgan fingerprint density at radius 3 is 2.43 bits per heavy atom. The summed E-state index contributed by atoms with van der Waals surface area (Å²) in [6.45, 7) is 1.68. The molecule has 1 fully saturated rings. The highest BCUT2D eigenvalue weighted by molar-refractivity contribution is 8.00. The third kappa shape index (κ3) is 6.41. The highest BCUT2D eigenvalue weighted by atomic mass is 32.2. The van der Waals surface area contributed by atoms with Gasteiger partial charge in [0.2, 0.25) is 5.91 Å². The van der Waals surface area contributed by atoms with Crippen LogP contribution >= 0.6 is 23.5 Å². The van der Waals surface area contributed by atoms with Crippen molar-refractivity contribution in [2.45, 2.75) is 36.3 Å². The van der Waals surface area contributed by atoms with E-state index in [0.29, 0.717) is 28.2 Å². The van der Waals surface area contributed by atoms with E-state index >= 15 is 0 Å². The van der Waals surface area contributed by atoms with Crippen LogP contribution in [0.4, 0.5) is 13.2 Å². The third-order valence-corrected chi connectivity index (χ3v) is 6.97. The van der Waals surface area contributed by atoms with Crippen molar-refractivity contribution in [3.8, 4) is 5.75 Å². The highest BCUT2D eigenvalue weighted by Crippen LogP contribution is 2.40. The maximum Gasteiger partial charge on any atom is 0.490 e. The summed E-state index contributed by atoms with van der Waals surface area (Å²) in [7, 11) is 0. The first-order valence-electron chi connectivity index (χ1n) is 9.75. The maximum absolute atomic E-state index is 12.6.